The van der Waals surface area contributed by atoms with Gasteiger partial charge in [-0.05, 0) is 33.1 Å². The SMILES string of the molecule is CON(C)C(=O)C1CCCC(OC(C)C)C1. The van der Waals surface area contributed by atoms with Gasteiger partial charge in [-0.15, -0.1) is 0 Å². The van der Waals surface area contributed by atoms with E-state index in [0.29, 0.717) is 0 Å². The smallest absolute Gasteiger partial charge is 0.249 e. The standard InChI is InChI=1S/C12H23NO3/c1-9(2)16-11-7-5-6-10(8-11)12(14)13(3)15-4/h9-11H,5-8H2,1-4H3. The molecule has 0 bridgehead atoms. The summed E-state index contributed by atoms with van der Waals surface area (Å²) in [5.74, 6) is 0.127. The summed E-state index contributed by atoms with van der Waals surface area (Å²) >= 11 is 0. The van der Waals surface area contributed by atoms with Crippen LogP contribution in [0, 0.1) is 5.92 Å². The van der Waals surface area contributed by atoms with E-state index >= 15 is 0 Å². The van der Waals surface area contributed by atoms with Crippen molar-refractivity contribution in [3.05, 3.63) is 0 Å². The molecule has 0 heterocycles. The summed E-state index contributed by atoms with van der Waals surface area (Å²) in [5.41, 5.74) is 0. The van der Waals surface area contributed by atoms with Gasteiger partial charge in [0.1, 0.15) is 0 Å². The predicted molar refractivity (Wildman–Crippen MR) is 61.7 cm³/mol. The van der Waals surface area contributed by atoms with E-state index in [1.54, 1.807) is 7.05 Å². The number of rotatable bonds is 4. The molecular formula is C12H23NO3. The second kappa shape index (κ2) is 6.21. The molecule has 94 valence electrons. The molecule has 0 radical (unpaired) electrons. The zero-order valence-corrected chi connectivity index (χ0v) is 10.7. The third kappa shape index (κ3) is 3.76. The Hall–Kier alpha value is -0.610. The molecule has 2 unspecified atom stereocenters. The summed E-state index contributed by atoms with van der Waals surface area (Å²) in [4.78, 5) is 16.8. The van der Waals surface area contributed by atoms with Gasteiger partial charge in [0.05, 0.1) is 19.3 Å². The number of hydrogen-bond acceptors (Lipinski definition) is 3. The lowest BCUT2D eigenvalue weighted by Crippen LogP contribution is -2.37. The van der Waals surface area contributed by atoms with Crippen LogP contribution in [0.5, 0.6) is 0 Å². The van der Waals surface area contributed by atoms with Gasteiger partial charge in [0.25, 0.3) is 0 Å². The van der Waals surface area contributed by atoms with Gasteiger partial charge in [0.2, 0.25) is 5.91 Å². The van der Waals surface area contributed by atoms with E-state index in [1.807, 2.05) is 13.8 Å². The average molecular weight is 229 g/mol. The summed E-state index contributed by atoms with van der Waals surface area (Å²) in [5, 5.41) is 1.32. The quantitative estimate of drug-likeness (QED) is 0.692. The minimum atomic E-state index is 0.0578. The fraction of sp³-hybridized carbons (Fsp3) is 0.917. The minimum Gasteiger partial charge on any atom is -0.376 e. The molecule has 0 aromatic carbocycles. The first-order chi connectivity index (χ1) is 7.54. The zero-order valence-electron chi connectivity index (χ0n) is 10.7. The van der Waals surface area contributed by atoms with Crippen molar-refractivity contribution in [3.63, 3.8) is 0 Å². The summed E-state index contributed by atoms with van der Waals surface area (Å²) in [7, 11) is 3.18. The Morgan fingerprint density at radius 1 is 1.38 bits per heavy atom. The maximum Gasteiger partial charge on any atom is 0.249 e. The number of hydrogen-bond donors (Lipinski definition) is 0. The van der Waals surface area contributed by atoms with Crippen LogP contribution < -0.4 is 0 Å². The fourth-order valence-corrected chi connectivity index (χ4v) is 2.22. The van der Waals surface area contributed by atoms with Crippen LogP contribution in [0.4, 0.5) is 0 Å². The van der Waals surface area contributed by atoms with Crippen LogP contribution in [0.25, 0.3) is 0 Å². The highest BCUT2D eigenvalue weighted by Crippen LogP contribution is 2.28. The molecule has 0 aliphatic heterocycles. The van der Waals surface area contributed by atoms with E-state index in [4.69, 9.17) is 9.57 Å². The van der Waals surface area contributed by atoms with Crippen molar-refractivity contribution in [1.82, 2.24) is 5.06 Å². The van der Waals surface area contributed by atoms with Gasteiger partial charge in [0.15, 0.2) is 0 Å². The molecule has 2 atom stereocenters. The Kier molecular flexibility index (Phi) is 5.22. The normalized spacial score (nSPS) is 25.8. The topological polar surface area (TPSA) is 38.8 Å². The lowest BCUT2D eigenvalue weighted by Gasteiger charge is -2.31. The molecule has 0 saturated heterocycles. The number of amides is 1. The van der Waals surface area contributed by atoms with Gasteiger partial charge in [-0.1, -0.05) is 6.42 Å². The number of nitrogens with zero attached hydrogens (tertiary/aromatic N) is 1. The second-order valence-corrected chi connectivity index (χ2v) is 4.69. The summed E-state index contributed by atoms with van der Waals surface area (Å²) in [6.07, 6.45) is 4.37. The van der Waals surface area contributed by atoms with Crippen LogP contribution in [-0.2, 0) is 14.4 Å². The Morgan fingerprint density at radius 2 is 2.06 bits per heavy atom. The van der Waals surface area contributed by atoms with Crippen LogP contribution in [-0.4, -0.2) is 37.3 Å². The van der Waals surface area contributed by atoms with E-state index in [-0.39, 0.29) is 24.0 Å². The van der Waals surface area contributed by atoms with Crippen molar-refractivity contribution in [3.8, 4) is 0 Å². The van der Waals surface area contributed by atoms with Crippen molar-refractivity contribution >= 4 is 5.91 Å². The summed E-state index contributed by atoms with van der Waals surface area (Å²) < 4.78 is 5.77. The maximum atomic E-state index is 11.9. The molecular weight excluding hydrogens is 206 g/mol. The van der Waals surface area contributed by atoms with Crippen molar-refractivity contribution in [2.24, 2.45) is 5.92 Å². The van der Waals surface area contributed by atoms with Crippen LogP contribution in [0.15, 0.2) is 0 Å². The van der Waals surface area contributed by atoms with Crippen LogP contribution >= 0.6 is 0 Å². The Morgan fingerprint density at radius 3 is 2.62 bits per heavy atom. The highest BCUT2D eigenvalue weighted by Gasteiger charge is 2.30. The molecule has 1 aliphatic rings. The first-order valence-corrected chi connectivity index (χ1v) is 6.01. The molecule has 1 rings (SSSR count). The first kappa shape index (κ1) is 13.5. The van der Waals surface area contributed by atoms with Gasteiger partial charge < -0.3 is 4.74 Å². The average Bonchev–Trinajstić information content (AvgIpc) is 2.26. The lowest BCUT2D eigenvalue weighted by atomic mass is 9.86. The van der Waals surface area contributed by atoms with Crippen molar-refractivity contribution in [1.29, 1.82) is 0 Å². The lowest BCUT2D eigenvalue weighted by molar-refractivity contribution is -0.176. The highest BCUT2D eigenvalue weighted by molar-refractivity contribution is 5.77. The Balaban J connectivity index is 2.46. The van der Waals surface area contributed by atoms with Gasteiger partial charge in [-0.25, -0.2) is 5.06 Å². The Labute approximate surface area is 97.9 Å². The van der Waals surface area contributed by atoms with Crippen LogP contribution in [0.1, 0.15) is 39.5 Å². The maximum absolute atomic E-state index is 11.9. The largest absolute Gasteiger partial charge is 0.376 e. The van der Waals surface area contributed by atoms with Crippen LogP contribution in [0.2, 0.25) is 0 Å². The zero-order chi connectivity index (χ0) is 12.1. The molecule has 16 heavy (non-hydrogen) atoms. The third-order valence-corrected chi connectivity index (χ3v) is 3.02. The fourth-order valence-electron chi connectivity index (χ4n) is 2.22. The van der Waals surface area contributed by atoms with E-state index in [9.17, 15) is 4.79 Å². The molecule has 1 saturated carbocycles. The number of hydroxylamine groups is 2. The summed E-state index contributed by atoms with van der Waals surface area (Å²) in [6.45, 7) is 4.07. The van der Waals surface area contributed by atoms with Gasteiger partial charge in [-0.3, -0.25) is 9.63 Å². The van der Waals surface area contributed by atoms with E-state index in [1.165, 1.54) is 12.2 Å². The second-order valence-electron chi connectivity index (χ2n) is 4.69. The van der Waals surface area contributed by atoms with E-state index in [0.717, 1.165) is 25.7 Å². The minimum absolute atomic E-state index is 0.0578. The molecule has 0 aromatic heterocycles. The predicted octanol–water partition coefficient (Wildman–Crippen LogP) is 1.99. The monoisotopic (exact) mass is 229 g/mol. The van der Waals surface area contributed by atoms with Crippen molar-refractivity contribution in [2.45, 2.75) is 51.7 Å². The highest BCUT2D eigenvalue weighted by atomic mass is 16.7. The number of ether oxygens (including phenoxy) is 1. The molecule has 1 amide bonds. The van der Waals surface area contributed by atoms with Crippen molar-refractivity contribution in [2.75, 3.05) is 14.2 Å². The Bertz CT molecular complexity index is 230. The molecule has 4 heteroatoms. The van der Waals surface area contributed by atoms with Gasteiger partial charge in [-0.2, -0.15) is 0 Å². The molecule has 0 spiro atoms. The summed E-state index contributed by atoms with van der Waals surface area (Å²) in [6, 6.07) is 0. The van der Waals surface area contributed by atoms with Gasteiger partial charge >= 0.3 is 0 Å². The van der Waals surface area contributed by atoms with E-state index < -0.39 is 0 Å². The molecule has 0 aromatic rings. The number of carbonyl (C=O) groups excluding carboxylic acids is 1. The van der Waals surface area contributed by atoms with E-state index in [2.05, 4.69) is 0 Å². The third-order valence-electron chi connectivity index (χ3n) is 3.02. The van der Waals surface area contributed by atoms with Gasteiger partial charge in [0, 0.05) is 13.0 Å². The molecule has 1 fully saturated rings. The van der Waals surface area contributed by atoms with Crippen LogP contribution in [0.3, 0.4) is 0 Å². The number of carbonyl (C=O) groups is 1. The molecule has 0 N–H and O–H groups in total. The van der Waals surface area contributed by atoms with Crippen molar-refractivity contribution < 1.29 is 14.4 Å². The molecule has 4 nitrogen and oxygen atoms in total. The first-order valence-electron chi connectivity index (χ1n) is 6.01. The molecule has 1 aliphatic carbocycles.